The van der Waals surface area contributed by atoms with Gasteiger partial charge in [-0.1, -0.05) is 13.3 Å². The third-order valence-electron chi connectivity index (χ3n) is 3.66. The van der Waals surface area contributed by atoms with Crippen molar-refractivity contribution in [1.82, 2.24) is 0 Å². The fraction of sp³-hybridized carbons (Fsp3) is 1.00. The molecule has 13 heavy (non-hydrogen) atoms. The summed E-state index contributed by atoms with van der Waals surface area (Å²) in [6.45, 7) is 4.42. The summed E-state index contributed by atoms with van der Waals surface area (Å²) in [5.41, 5.74) is 0. The maximum atomic E-state index is 9.81. The van der Waals surface area contributed by atoms with Crippen LogP contribution in [0.15, 0.2) is 0 Å². The van der Waals surface area contributed by atoms with E-state index >= 15 is 0 Å². The first-order chi connectivity index (χ1) is 6.18. The highest BCUT2D eigenvalue weighted by molar-refractivity contribution is 4.89. The van der Waals surface area contributed by atoms with Crippen LogP contribution in [0.3, 0.4) is 0 Å². The van der Waals surface area contributed by atoms with Gasteiger partial charge in [-0.2, -0.15) is 0 Å². The lowest BCUT2D eigenvalue weighted by molar-refractivity contribution is -0.162. The topological polar surface area (TPSA) is 29.5 Å². The smallest absolute Gasteiger partial charge is 0.0868 e. The van der Waals surface area contributed by atoms with Gasteiger partial charge in [0.2, 0.25) is 0 Å². The molecule has 2 heteroatoms. The zero-order chi connectivity index (χ0) is 9.42. The molecule has 2 fully saturated rings. The Kier molecular flexibility index (Phi) is 2.61. The summed E-state index contributed by atoms with van der Waals surface area (Å²) in [7, 11) is 0. The van der Waals surface area contributed by atoms with Crippen LogP contribution in [0, 0.1) is 11.8 Å². The Bertz CT molecular complexity index is 181. The SMILES string of the molecule is C[C@@H]1C[C@H](C)[C@@H]2CCC[C@@H](O)[C@@H]2O1. The molecule has 0 bridgehead atoms. The molecule has 0 aromatic rings. The lowest BCUT2D eigenvalue weighted by Gasteiger charge is -2.44. The summed E-state index contributed by atoms with van der Waals surface area (Å²) in [5.74, 6) is 1.34. The second-order valence-electron chi connectivity index (χ2n) is 4.79. The van der Waals surface area contributed by atoms with Crippen LogP contribution in [0.25, 0.3) is 0 Å². The van der Waals surface area contributed by atoms with Gasteiger partial charge in [0.05, 0.1) is 18.3 Å². The van der Waals surface area contributed by atoms with Crippen molar-refractivity contribution >= 4 is 0 Å². The van der Waals surface area contributed by atoms with Gasteiger partial charge in [-0.05, 0) is 38.0 Å². The van der Waals surface area contributed by atoms with E-state index in [2.05, 4.69) is 13.8 Å². The van der Waals surface area contributed by atoms with Crippen LogP contribution in [0.5, 0.6) is 0 Å². The molecule has 2 rings (SSSR count). The fourth-order valence-electron chi connectivity index (χ4n) is 3.00. The lowest BCUT2D eigenvalue weighted by atomic mass is 9.73. The normalized spacial score (nSPS) is 51.5. The Morgan fingerprint density at radius 3 is 2.77 bits per heavy atom. The van der Waals surface area contributed by atoms with E-state index in [1.807, 2.05) is 0 Å². The highest BCUT2D eigenvalue weighted by Crippen LogP contribution is 2.39. The Balaban J connectivity index is 2.08. The number of fused-ring (bicyclic) bond motifs is 1. The first kappa shape index (κ1) is 9.47. The zero-order valence-corrected chi connectivity index (χ0v) is 8.57. The van der Waals surface area contributed by atoms with Crippen LogP contribution < -0.4 is 0 Å². The van der Waals surface area contributed by atoms with E-state index in [1.165, 1.54) is 12.8 Å². The fourth-order valence-corrected chi connectivity index (χ4v) is 3.00. The molecule has 1 saturated carbocycles. The minimum absolute atomic E-state index is 0.132. The number of ether oxygens (including phenoxy) is 1. The molecule has 0 spiro atoms. The van der Waals surface area contributed by atoms with E-state index < -0.39 is 0 Å². The van der Waals surface area contributed by atoms with E-state index in [4.69, 9.17) is 4.74 Å². The summed E-state index contributed by atoms with van der Waals surface area (Å²) in [6, 6.07) is 0. The highest BCUT2D eigenvalue weighted by atomic mass is 16.5. The molecule has 1 heterocycles. The van der Waals surface area contributed by atoms with Gasteiger partial charge >= 0.3 is 0 Å². The molecule has 5 atom stereocenters. The summed E-state index contributed by atoms with van der Waals surface area (Å²) >= 11 is 0. The quantitative estimate of drug-likeness (QED) is 0.623. The van der Waals surface area contributed by atoms with E-state index in [0.29, 0.717) is 12.0 Å². The molecule has 0 radical (unpaired) electrons. The molecule has 1 aliphatic heterocycles. The first-order valence-electron chi connectivity index (χ1n) is 5.52. The Labute approximate surface area is 80.3 Å². The van der Waals surface area contributed by atoms with Gasteiger partial charge < -0.3 is 9.84 Å². The number of rotatable bonds is 0. The standard InChI is InChI=1S/C11H20O2/c1-7-6-8(2)13-11-9(7)4-3-5-10(11)12/h7-12H,3-6H2,1-2H3/t7-,8+,9-,10+,11+/m0/s1. The van der Waals surface area contributed by atoms with Crippen LogP contribution >= 0.6 is 0 Å². The van der Waals surface area contributed by atoms with Crippen molar-refractivity contribution in [3.8, 4) is 0 Å². The van der Waals surface area contributed by atoms with Gasteiger partial charge in [-0.15, -0.1) is 0 Å². The maximum absolute atomic E-state index is 9.81. The van der Waals surface area contributed by atoms with Crippen LogP contribution in [-0.2, 0) is 4.74 Å². The summed E-state index contributed by atoms with van der Waals surface area (Å²) in [5, 5.41) is 9.81. The van der Waals surface area contributed by atoms with Crippen molar-refractivity contribution in [3.05, 3.63) is 0 Å². The molecular formula is C11H20O2. The van der Waals surface area contributed by atoms with E-state index in [9.17, 15) is 5.11 Å². The number of aliphatic hydroxyl groups excluding tert-OH is 1. The molecule has 1 saturated heterocycles. The van der Waals surface area contributed by atoms with E-state index in [-0.39, 0.29) is 12.2 Å². The second-order valence-corrected chi connectivity index (χ2v) is 4.79. The molecule has 1 N–H and O–H groups in total. The monoisotopic (exact) mass is 184 g/mol. The Hall–Kier alpha value is -0.0800. The molecule has 0 aromatic heterocycles. The number of hydrogen-bond acceptors (Lipinski definition) is 2. The Morgan fingerprint density at radius 2 is 2.00 bits per heavy atom. The van der Waals surface area contributed by atoms with Crippen LogP contribution in [0.4, 0.5) is 0 Å². The summed E-state index contributed by atoms with van der Waals surface area (Å²) in [6.07, 6.45) is 4.77. The predicted molar refractivity (Wildman–Crippen MR) is 51.5 cm³/mol. The minimum Gasteiger partial charge on any atom is -0.390 e. The van der Waals surface area contributed by atoms with Crippen LogP contribution in [0.1, 0.15) is 39.5 Å². The predicted octanol–water partition coefficient (Wildman–Crippen LogP) is 1.96. The third kappa shape index (κ3) is 1.75. The third-order valence-corrected chi connectivity index (χ3v) is 3.66. The van der Waals surface area contributed by atoms with Crippen molar-refractivity contribution in [2.75, 3.05) is 0 Å². The molecule has 2 nitrogen and oxygen atoms in total. The maximum Gasteiger partial charge on any atom is 0.0868 e. The van der Waals surface area contributed by atoms with Gasteiger partial charge in [-0.3, -0.25) is 0 Å². The summed E-state index contributed by atoms with van der Waals surface area (Å²) in [4.78, 5) is 0. The average molecular weight is 184 g/mol. The highest BCUT2D eigenvalue weighted by Gasteiger charge is 2.40. The number of hydrogen-bond donors (Lipinski definition) is 1. The zero-order valence-electron chi connectivity index (χ0n) is 8.57. The molecule has 0 unspecified atom stereocenters. The van der Waals surface area contributed by atoms with Gasteiger partial charge in [0.25, 0.3) is 0 Å². The van der Waals surface area contributed by atoms with Gasteiger partial charge in [0.1, 0.15) is 0 Å². The largest absolute Gasteiger partial charge is 0.390 e. The van der Waals surface area contributed by atoms with Crippen molar-refractivity contribution in [3.63, 3.8) is 0 Å². The average Bonchev–Trinajstić information content (AvgIpc) is 2.07. The van der Waals surface area contributed by atoms with Gasteiger partial charge in [0.15, 0.2) is 0 Å². The lowest BCUT2D eigenvalue weighted by Crippen LogP contribution is -2.48. The van der Waals surface area contributed by atoms with Crippen molar-refractivity contribution in [1.29, 1.82) is 0 Å². The molecule has 1 aliphatic carbocycles. The second kappa shape index (κ2) is 3.58. The van der Waals surface area contributed by atoms with Crippen molar-refractivity contribution < 1.29 is 9.84 Å². The van der Waals surface area contributed by atoms with Crippen LogP contribution in [-0.4, -0.2) is 23.4 Å². The molecule has 0 amide bonds. The number of aliphatic hydroxyl groups is 1. The van der Waals surface area contributed by atoms with Gasteiger partial charge in [0, 0.05) is 0 Å². The Morgan fingerprint density at radius 1 is 1.23 bits per heavy atom. The van der Waals surface area contributed by atoms with Crippen LogP contribution in [0.2, 0.25) is 0 Å². The molecule has 2 aliphatic rings. The van der Waals surface area contributed by atoms with E-state index in [0.717, 1.165) is 18.8 Å². The van der Waals surface area contributed by atoms with Gasteiger partial charge in [-0.25, -0.2) is 0 Å². The van der Waals surface area contributed by atoms with Crippen molar-refractivity contribution in [2.45, 2.75) is 57.8 Å². The van der Waals surface area contributed by atoms with E-state index in [1.54, 1.807) is 0 Å². The molecule has 0 aromatic carbocycles. The summed E-state index contributed by atoms with van der Waals surface area (Å²) < 4.78 is 5.82. The molecular weight excluding hydrogens is 164 g/mol. The first-order valence-corrected chi connectivity index (χ1v) is 5.52. The van der Waals surface area contributed by atoms with Crippen molar-refractivity contribution in [2.24, 2.45) is 11.8 Å². The minimum atomic E-state index is -0.205. The molecule has 76 valence electrons.